The van der Waals surface area contributed by atoms with Gasteiger partial charge in [0.05, 0.1) is 5.57 Å². The van der Waals surface area contributed by atoms with E-state index in [1.807, 2.05) is 6.07 Å². The lowest BCUT2D eigenvalue weighted by Crippen LogP contribution is -2.05. The maximum Gasteiger partial charge on any atom is 0.260 e. The molecule has 0 radical (unpaired) electrons. The summed E-state index contributed by atoms with van der Waals surface area (Å²) in [7, 11) is 0. The first kappa shape index (κ1) is 19.4. The van der Waals surface area contributed by atoms with Gasteiger partial charge < -0.3 is 15.4 Å². The maximum absolute atomic E-state index is 13.8. The molecule has 4 nitrogen and oxygen atoms in total. The Morgan fingerprint density at radius 1 is 1.03 bits per heavy atom. The molecule has 5 rings (SSSR count). The molecule has 2 aliphatic rings. The Labute approximate surface area is 180 Å². The smallest absolute Gasteiger partial charge is 0.260 e. The number of nitrogens with one attached hydrogen (secondary N) is 2. The van der Waals surface area contributed by atoms with Gasteiger partial charge in [-0.05, 0) is 55.7 Å². The predicted molar refractivity (Wildman–Crippen MR) is 121 cm³/mol. The van der Waals surface area contributed by atoms with Gasteiger partial charge in [-0.25, -0.2) is 4.39 Å². The molecule has 0 saturated heterocycles. The minimum atomic E-state index is -0.374. The summed E-state index contributed by atoms with van der Waals surface area (Å²) < 4.78 is 19.7. The minimum Gasteiger partial charge on any atom is -0.487 e. The number of benzene rings is 3. The van der Waals surface area contributed by atoms with E-state index in [0.717, 1.165) is 36.2 Å². The topological polar surface area (TPSA) is 50.4 Å². The Kier molecular flexibility index (Phi) is 4.94. The number of amides is 1. The number of fused-ring (bicyclic) bond motifs is 2. The highest BCUT2D eigenvalue weighted by Gasteiger charge is 2.32. The number of ether oxygens (including phenoxy) is 1. The van der Waals surface area contributed by atoms with Gasteiger partial charge in [-0.1, -0.05) is 35.9 Å². The van der Waals surface area contributed by atoms with E-state index in [1.165, 1.54) is 23.3 Å². The molecule has 0 atom stereocenters. The largest absolute Gasteiger partial charge is 0.487 e. The molecule has 2 heterocycles. The van der Waals surface area contributed by atoms with Crippen molar-refractivity contribution >= 4 is 28.6 Å². The molecule has 3 aromatic carbocycles. The van der Waals surface area contributed by atoms with Crippen molar-refractivity contribution in [2.45, 2.75) is 26.4 Å². The molecule has 0 unspecified atom stereocenters. The van der Waals surface area contributed by atoms with Crippen LogP contribution in [-0.4, -0.2) is 12.5 Å². The Bertz CT molecular complexity index is 1200. The number of rotatable bonds is 5. The standard InChI is InChI=1S/C26H23FN2O2/c1-16-4-8-20(9-5-16)28-12-2-3-17-6-10-21-18(13-17)15-31-25(21)24-22-14-19(27)7-11-23(22)29-26(24)30/h4-11,13-14,28H,2-3,12,15H2,1H3,(H,29,30). The lowest BCUT2D eigenvalue weighted by molar-refractivity contribution is -0.110. The fourth-order valence-electron chi connectivity index (χ4n) is 4.14. The van der Waals surface area contributed by atoms with E-state index in [2.05, 4.69) is 54.0 Å². The third-order valence-corrected chi connectivity index (χ3v) is 5.76. The third kappa shape index (κ3) is 3.79. The number of halogens is 1. The Morgan fingerprint density at radius 2 is 1.87 bits per heavy atom. The first-order valence-corrected chi connectivity index (χ1v) is 10.5. The number of hydrogen-bond acceptors (Lipinski definition) is 3. The summed E-state index contributed by atoms with van der Waals surface area (Å²) in [6.45, 7) is 3.40. The van der Waals surface area contributed by atoms with Crippen molar-refractivity contribution in [3.8, 4) is 0 Å². The fraction of sp³-hybridized carbons (Fsp3) is 0.192. The van der Waals surface area contributed by atoms with Gasteiger partial charge in [0.2, 0.25) is 0 Å². The zero-order valence-electron chi connectivity index (χ0n) is 17.3. The molecule has 0 fully saturated rings. The number of aryl methyl sites for hydroxylation is 2. The first-order chi connectivity index (χ1) is 15.1. The van der Waals surface area contributed by atoms with Crippen LogP contribution in [0.3, 0.4) is 0 Å². The van der Waals surface area contributed by atoms with Gasteiger partial charge >= 0.3 is 0 Å². The molecule has 0 bridgehead atoms. The average Bonchev–Trinajstić information content (AvgIpc) is 3.31. The van der Waals surface area contributed by atoms with Gasteiger partial charge in [-0.15, -0.1) is 0 Å². The lowest BCUT2D eigenvalue weighted by atomic mass is 9.98. The minimum absolute atomic E-state index is 0.255. The van der Waals surface area contributed by atoms with Crippen molar-refractivity contribution in [1.82, 2.24) is 0 Å². The second-order valence-corrected chi connectivity index (χ2v) is 8.02. The molecular weight excluding hydrogens is 391 g/mol. The van der Waals surface area contributed by atoms with Gasteiger partial charge in [0.1, 0.15) is 18.2 Å². The molecular formula is C26H23FN2O2. The van der Waals surface area contributed by atoms with Crippen molar-refractivity contribution in [2.24, 2.45) is 0 Å². The third-order valence-electron chi connectivity index (χ3n) is 5.76. The van der Waals surface area contributed by atoms with Crippen LogP contribution in [0.4, 0.5) is 15.8 Å². The van der Waals surface area contributed by atoms with E-state index in [9.17, 15) is 9.18 Å². The number of anilines is 2. The second kappa shape index (κ2) is 7.91. The molecule has 0 saturated carbocycles. The predicted octanol–water partition coefficient (Wildman–Crippen LogP) is 5.53. The molecule has 2 N–H and O–H groups in total. The van der Waals surface area contributed by atoms with E-state index < -0.39 is 0 Å². The van der Waals surface area contributed by atoms with Crippen molar-refractivity contribution in [2.75, 3.05) is 17.2 Å². The van der Waals surface area contributed by atoms with Gasteiger partial charge in [0, 0.05) is 34.6 Å². The Morgan fingerprint density at radius 3 is 2.71 bits per heavy atom. The van der Waals surface area contributed by atoms with Crippen LogP contribution in [0.2, 0.25) is 0 Å². The number of carbonyl (C=O) groups is 1. The summed E-state index contributed by atoms with van der Waals surface area (Å²) in [5.41, 5.74) is 7.17. The molecule has 1 amide bonds. The van der Waals surface area contributed by atoms with Crippen LogP contribution in [0.1, 0.15) is 34.2 Å². The van der Waals surface area contributed by atoms with Crippen LogP contribution in [0.5, 0.6) is 0 Å². The highest BCUT2D eigenvalue weighted by Crippen LogP contribution is 2.42. The van der Waals surface area contributed by atoms with Gasteiger partial charge in [0.15, 0.2) is 0 Å². The molecule has 0 spiro atoms. The fourth-order valence-corrected chi connectivity index (χ4v) is 4.14. The summed E-state index contributed by atoms with van der Waals surface area (Å²) >= 11 is 0. The molecule has 5 heteroatoms. The van der Waals surface area contributed by atoms with Crippen LogP contribution in [0.25, 0.3) is 11.3 Å². The van der Waals surface area contributed by atoms with E-state index in [4.69, 9.17) is 4.74 Å². The average molecular weight is 414 g/mol. The first-order valence-electron chi connectivity index (χ1n) is 10.5. The molecule has 2 aliphatic heterocycles. The van der Waals surface area contributed by atoms with E-state index in [1.54, 1.807) is 6.07 Å². The monoisotopic (exact) mass is 414 g/mol. The lowest BCUT2D eigenvalue weighted by Gasteiger charge is -2.08. The van der Waals surface area contributed by atoms with Crippen LogP contribution in [0, 0.1) is 12.7 Å². The summed E-state index contributed by atoms with van der Waals surface area (Å²) in [5.74, 6) is -0.0969. The van der Waals surface area contributed by atoms with Crippen molar-refractivity contribution in [1.29, 1.82) is 0 Å². The zero-order valence-corrected chi connectivity index (χ0v) is 17.3. The SMILES string of the molecule is Cc1ccc(NCCCc2ccc3c(c2)COC3=C2C(=O)Nc3ccc(F)cc32)cc1. The molecule has 31 heavy (non-hydrogen) atoms. The quantitative estimate of drug-likeness (QED) is 0.426. The molecule has 0 aromatic heterocycles. The molecule has 156 valence electrons. The Balaban J connectivity index is 1.30. The summed E-state index contributed by atoms with van der Waals surface area (Å²) in [5, 5.41) is 6.24. The second-order valence-electron chi connectivity index (χ2n) is 8.02. The summed E-state index contributed by atoms with van der Waals surface area (Å²) in [4.78, 5) is 12.5. The Hall–Kier alpha value is -3.60. The van der Waals surface area contributed by atoms with Crippen LogP contribution in [-0.2, 0) is 22.6 Å². The van der Waals surface area contributed by atoms with E-state index in [0.29, 0.717) is 29.2 Å². The molecule has 0 aliphatic carbocycles. The highest BCUT2D eigenvalue weighted by molar-refractivity contribution is 6.36. The van der Waals surface area contributed by atoms with Crippen molar-refractivity contribution in [3.05, 3.63) is 94.3 Å². The van der Waals surface area contributed by atoms with Crippen LogP contribution >= 0.6 is 0 Å². The maximum atomic E-state index is 13.8. The normalized spacial score (nSPS) is 16.5. The number of hydrogen-bond donors (Lipinski definition) is 2. The molecule has 3 aromatic rings. The van der Waals surface area contributed by atoms with Crippen LogP contribution < -0.4 is 10.6 Å². The van der Waals surface area contributed by atoms with Gasteiger partial charge in [-0.2, -0.15) is 0 Å². The summed E-state index contributed by atoms with van der Waals surface area (Å²) in [6.07, 6.45) is 1.96. The van der Waals surface area contributed by atoms with Crippen molar-refractivity contribution < 1.29 is 13.9 Å². The summed E-state index contributed by atoms with van der Waals surface area (Å²) in [6, 6.07) is 19.0. The van der Waals surface area contributed by atoms with Crippen LogP contribution in [0.15, 0.2) is 60.7 Å². The van der Waals surface area contributed by atoms with E-state index in [-0.39, 0.29) is 11.7 Å². The zero-order chi connectivity index (χ0) is 21.4. The van der Waals surface area contributed by atoms with E-state index >= 15 is 0 Å². The van der Waals surface area contributed by atoms with Gasteiger partial charge in [0.25, 0.3) is 5.91 Å². The van der Waals surface area contributed by atoms with Gasteiger partial charge in [-0.3, -0.25) is 4.79 Å². The number of carbonyl (C=O) groups excluding carboxylic acids is 1. The highest BCUT2D eigenvalue weighted by atomic mass is 19.1. The van der Waals surface area contributed by atoms with Crippen molar-refractivity contribution in [3.63, 3.8) is 0 Å².